The maximum atomic E-state index is 11.7. The van der Waals surface area contributed by atoms with Gasteiger partial charge < -0.3 is 15.4 Å². The summed E-state index contributed by atoms with van der Waals surface area (Å²) in [4.78, 5) is 35.8. The summed E-state index contributed by atoms with van der Waals surface area (Å²) in [7, 11) is 1.58. The molecule has 2 N–H and O–H groups in total. The molecule has 0 aliphatic heterocycles. The molecule has 0 aliphatic carbocycles. The smallest absolute Gasteiger partial charge is 0.214 e. The van der Waals surface area contributed by atoms with Crippen molar-refractivity contribution in [2.45, 2.75) is 20.3 Å². The molecule has 0 spiro atoms. The number of carbonyl (C=O) groups is 2. The lowest BCUT2D eigenvalue weighted by Crippen LogP contribution is -2.22. The first-order valence-electron chi connectivity index (χ1n) is 11.0. The third-order valence-electron chi connectivity index (χ3n) is 5.07. The molecule has 3 aromatic rings. The van der Waals surface area contributed by atoms with E-state index in [4.69, 9.17) is 32.7 Å². The van der Waals surface area contributed by atoms with E-state index in [0.29, 0.717) is 28.9 Å². The van der Waals surface area contributed by atoms with Crippen LogP contribution in [0.3, 0.4) is 0 Å². The number of allylic oxidation sites excluding steroid dienone is 1. The van der Waals surface area contributed by atoms with E-state index in [-0.39, 0.29) is 6.41 Å². The van der Waals surface area contributed by atoms with Gasteiger partial charge in [-0.25, -0.2) is 4.98 Å². The standard InChI is InChI=1S/C25H24Cl2N4O2S.CH3NO/c1-16-10-21(22-11-25(27)30-14-24(22)33-3)18(12-28-16)13-29-23(17(2)34)8-9-31(15-32)20-6-4-19(26)5-7-20;2-1-3/h4-7,10-15,34H,8-9H2,1-3H3;1H,(H2,2,3)/b23-17-,29-13?;. The molecule has 8 nitrogen and oxygen atoms in total. The topological polar surface area (TPSA) is 111 Å². The number of benzene rings is 1. The zero-order chi connectivity index (χ0) is 27.4. The van der Waals surface area contributed by atoms with Gasteiger partial charge in [0.15, 0.2) is 0 Å². The molecule has 0 aliphatic rings. The molecule has 0 bridgehead atoms. The van der Waals surface area contributed by atoms with Gasteiger partial charge in [-0.15, -0.1) is 12.6 Å². The average molecular weight is 561 g/mol. The maximum Gasteiger partial charge on any atom is 0.214 e. The number of hydrogen-bond acceptors (Lipinski definition) is 7. The fourth-order valence-corrected chi connectivity index (χ4v) is 3.74. The first-order chi connectivity index (χ1) is 17.7. The van der Waals surface area contributed by atoms with Gasteiger partial charge in [0.2, 0.25) is 12.8 Å². The Bertz CT molecular complexity index is 1280. The molecule has 2 aromatic heterocycles. The molecular formula is C26H27Cl2N5O3S. The minimum Gasteiger partial charge on any atom is -0.494 e. The molecule has 0 radical (unpaired) electrons. The van der Waals surface area contributed by atoms with Gasteiger partial charge in [-0.3, -0.25) is 19.6 Å². The van der Waals surface area contributed by atoms with Crippen molar-refractivity contribution in [1.82, 2.24) is 9.97 Å². The third-order valence-corrected chi connectivity index (χ3v) is 5.78. The van der Waals surface area contributed by atoms with E-state index in [0.717, 1.165) is 45.1 Å². The van der Waals surface area contributed by atoms with Gasteiger partial charge in [-0.2, -0.15) is 0 Å². The molecule has 0 fully saturated rings. The molecule has 2 amide bonds. The van der Waals surface area contributed by atoms with E-state index >= 15 is 0 Å². The van der Waals surface area contributed by atoms with Crippen molar-refractivity contribution in [2.75, 3.05) is 18.6 Å². The highest BCUT2D eigenvalue weighted by atomic mass is 35.5. The molecular weight excluding hydrogens is 533 g/mol. The van der Waals surface area contributed by atoms with Crippen LogP contribution in [0.2, 0.25) is 10.2 Å². The molecule has 0 atom stereocenters. The van der Waals surface area contributed by atoms with Crippen LogP contribution in [0.5, 0.6) is 5.75 Å². The summed E-state index contributed by atoms with van der Waals surface area (Å²) in [5.74, 6) is 0.593. The highest BCUT2D eigenvalue weighted by Crippen LogP contribution is 2.33. The van der Waals surface area contributed by atoms with Crippen LogP contribution in [-0.4, -0.2) is 42.7 Å². The Morgan fingerprint density at radius 1 is 1.14 bits per heavy atom. The van der Waals surface area contributed by atoms with Crippen LogP contribution in [0.1, 0.15) is 24.6 Å². The Morgan fingerprint density at radius 3 is 2.41 bits per heavy atom. The number of aromatic nitrogens is 2. The molecule has 0 saturated carbocycles. The van der Waals surface area contributed by atoms with Crippen LogP contribution in [0, 0.1) is 6.92 Å². The molecule has 37 heavy (non-hydrogen) atoms. The van der Waals surface area contributed by atoms with Crippen molar-refractivity contribution >= 4 is 60.6 Å². The number of rotatable bonds is 9. The number of amides is 2. The Morgan fingerprint density at radius 2 is 1.81 bits per heavy atom. The number of primary amides is 1. The molecule has 0 unspecified atom stereocenters. The zero-order valence-corrected chi connectivity index (χ0v) is 23.0. The van der Waals surface area contributed by atoms with Gasteiger partial charge in [0, 0.05) is 57.8 Å². The number of pyridine rings is 2. The first-order valence-corrected chi connectivity index (χ1v) is 12.2. The number of hydrogen-bond donors (Lipinski definition) is 2. The van der Waals surface area contributed by atoms with Crippen molar-refractivity contribution in [3.63, 3.8) is 0 Å². The maximum absolute atomic E-state index is 11.7. The quantitative estimate of drug-likeness (QED) is 0.155. The summed E-state index contributed by atoms with van der Waals surface area (Å²) < 4.78 is 5.49. The summed E-state index contributed by atoms with van der Waals surface area (Å²) in [5.41, 5.74) is 8.94. The SMILES string of the molecule is COc1cnc(Cl)cc1-c1cc(C)ncc1C=N/C(CCN(C=O)c1ccc(Cl)cc1)=C(/C)S.NC=O. The molecule has 1 aromatic carbocycles. The molecule has 0 saturated heterocycles. The fourth-order valence-electron chi connectivity index (χ4n) is 3.28. The van der Waals surface area contributed by atoms with E-state index in [9.17, 15) is 4.79 Å². The van der Waals surface area contributed by atoms with Crippen molar-refractivity contribution in [2.24, 2.45) is 10.7 Å². The number of carbonyl (C=O) groups excluding carboxylic acids is 2. The van der Waals surface area contributed by atoms with Crippen LogP contribution < -0.4 is 15.4 Å². The van der Waals surface area contributed by atoms with E-state index in [2.05, 4.69) is 33.3 Å². The van der Waals surface area contributed by atoms with Crippen molar-refractivity contribution in [3.05, 3.63) is 80.8 Å². The summed E-state index contributed by atoms with van der Waals surface area (Å²) in [6.07, 6.45) is 6.62. The Hall–Kier alpha value is -3.40. The predicted octanol–water partition coefficient (Wildman–Crippen LogP) is 5.50. The Kier molecular flexibility index (Phi) is 12.1. The summed E-state index contributed by atoms with van der Waals surface area (Å²) in [6, 6.07) is 10.8. The number of anilines is 1. The van der Waals surface area contributed by atoms with Gasteiger partial charge in [-0.05, 0) is 55.8 Å². The van der Waals surface area contributed by atoms with Crippen LogP contribution >= 0.6 is 35.8 Å². The lowest BCUT2D eigenvalue weighted by Gasteiger charge is -2.18. The highest BCUT2D eigenvalue weighted by molar-refractivity contribution is 7.84. The lowest BCUT2D eigenvalue weighted by atomic mass is 10.0. The third kappa shape index (κ3) is 8.89. The Labute approximate surface area is 231 Å². The van der Waals surface area contributed by atoms with Crippen LogP contribution in [0.25, 0.3) is 11.1 Å². The fraction of sp³-hybridized carbons (Fsp3) is 0.192. The second-order valence-electron chi connectivity index (χ2n) is 7.57. The minimum atomic E-state index is 0.250. The average Bonchev–Trinajstić information content (AvgIpc) is 2.88. The number of thiol groups is 1. The Balaban J connectivity index is 0.00000153. The summed E-state index contributed by atoms with van der Waals surface area (Å²) >= 11 is 16.6. The van der Waals surface area contributed by atoms with Crippen LogP contribution in [-0.2, 0) is 9.59 Å². The van der Waals surface area contributed by atoms with E-state index in [1.165, 1.54) is 0 Å². The van der Waals surface area contributed by atoms with Crippen molar-refractivity contribution in [3.8, 4) is 16.9 Å². The van der Waals surface area contributed by atoms with E-state index < -0.39 is 0 Å². The van der Waals surface area contributed by atoms with Gasteiger partial charge in [0.1, 0.15) is 10.9 Å². The number of nitrogens with two attached hydrogens (primary N) is 1. The number of halogens is 2. The van der Waals surface area contributed by atoms with Gasteiger partial charge in [0.05, 0.1) is 19.0 Å². The van der Waals surface area contributed by atoms with Crippen molar-refractivity contribution < 1.29 is 14.3 Å². The first kappa shape index (κ1) is 29.8. The van der Waals surface area contributed by atoms with Gasteiger partial charge in [0.25, 0.3) is 0 Å². The van der Waals surface area contributed by atoms with Crippen LogP contribution in [0.4, 0.5) is 5.69 Å². The predicted molar refractivity (Wildman–Crippen MR) is 153 cm³/mol. The monoisotopic (exact) mass is 559 g/mol. The summed E-state index contributed by atoms with van der Waals surface area (Å²) in [6.45, 7) is 4.21. The largest absolute Gasteiger partial charge is 0.494 e. The molecule has 2 heterocycles. The van der Waals surface area contributed by atoms with Crippen molar-refractivity contribution in [1.29, 1.82) is 0 Å². The number of nitrogens with zero attached hydrogens (tertiary/aromatic N) is 4. The minimum absolute atomic E-state index is 0.250. The van der Waals surface area contributed by atoms with E-state index in [1.54, 1.807) is 60.9 Å². The lowest BCUT2D eigenvalue weighted by molar-refractivity contribution is -0.108. The highest BCUT2D eigenvalue weighted by Gasteiger charge is 2.13. The van der Waals surface area contributed by atoms with E-state index in [1.807, 2.05) is 19.9 Å². The number of methoxy groups -OCH3 is 1. The number of aryl methyl sites for hydroxylation is 1. The normalized spacial score (nSPS) is 11.3. The second-order valence-corrected chi connectivity index (χ2v) is 9.07. The summed E-state index contributed by atoms with van der Waals surface area (Å²) in [5, 5.41) is 0.969. The molecule has 194 valence electrons. The van der Waals surface area contributed by atoms with Crippen LogP contribution in [0.15, 0.2) is 64.4 Å². The van der Waals surface area contributed by atoms with Gasteiger partial charge >= 0.3 is 0 Å². The zero-order valence-electron chi connectivity index (χ0n) is 20.6. The number of ether oxygens (including phenoxy) is 1. The second kappa shape index (κ2) is 15.0. The van der Waals surface area contributed by atoms with Gasteiger partial charge in [-0.1, -0.05) is 23.2 Å². The molecule has 11 heteroatoms. The molecule has 3 rings (SSSR count). The number of aliphatic imine (C=N–C) groups is 1.